The van der Waals surface area contributed by atoms with Crippen molar-refractivity contribution in [1.82, 2.24) is 9.36 Å². The third kappa shape index (κ3) is 6.84. The highest BCUT2D eigenvalue weighted by Gasteiger charge is 2.32. The average Bonchev–Trinajstić information content (AvgIpc) is 3.05. The number of ether oxygens (including phenoxy) is 1. The number of esters is 1. The van der Waals surface area contributed by atoms with Crippen molar-refractivity contribution in [1.29, 1.82) is 0 Å². The first-order valence-electron chi connectivity index (χ1n) is 11.5. The van der Waals surface area contributed by atoms with Crippen molar-refractivity contribution in [3.63, 3.8) is 0 Å². The van der Waals surface area contributed by atoms with Crippen molar-refractivity contribution in [3.8, 4) is 0 Å². The molecule has 1 aromatic heterocycles. The van der Waals surface area contributed by atoms with Gasteiger partial charge in [0.2, 0.25) is 0 Å². The van der Waals surface area contributed by atoms with Crippen molar-refractivity contribution in [2.45, 2.75) is 78.4 Å². The Morgan fingerprint density at radius 1 is 1.09 bits per heavy atom. The van der Waals surface area contributed by atoms with E-state index in [2.05, 4.69) is 11.9 Å². The van der Waals surface area contributed by atoms with Crippen LogP contribution in [0.4, 0.5) is 13.2 Å². The van der Waals surface area contributed by atoms with E-state index in [9.17, 15) is 22.8 Å². The minimum atomic E-state index is -4.61. The van der Waals surface area contributed by atoms with Gasteiger partial charge < -0.3 is 4.74 Å². The Morgan fingerprint density at radius 2 is 1.76 bits per heavy atom. The second-order valence-corrected chi connectivity index (χ2v) is 9.23. The number of unbranched alkanes of at least 4 members (excludes halogenated alkanes) is 1. The predicted molar refractivity (Wildman–Crippen MR) is 123 cm³/mol. The number of halogens is 3. The quantitative estimate of drug-likeness (QED) is 0.488. The fourth-order valence-corrected chi connectivity index (χ4v) is 3.74. The van der Waals surface area contributed by atoms with Gasteiger partial charge >= 0.3 is 12.1 Å². The summed E-state index contributed by atoms with van der Waals surface area (Å²) in [6.07, 6.45) is -2.79. The minimum absolute atomic E-state index is 0.0461. The first kappa shape index (κ1) is 27.4. The summed E-state index contributed by atoms with van der Waals surface area (Å²) in [7, 11) is 1.88. The van der Waals surface area contributed by atoms with Gasteiger partial charge in [-0.25, -0.2) is 0 Å². The van der Waals surface area contributed by atoms with Crippen molar-refractivity contribution < 1.29 is 27.5 Å². The summed E-state index contributed by atoms with van der Waals surface area (Å²) in [6.45, 7) is 10.7. The van der Waals surface area contributed by atoms with E-state index in [4.69, 9.17) is 4.74 Å². The zero-order valence-electron chi connectivity index (χ0n) is 20.8. The molecule has 6 nitrogen and oxygen atoms in total. The van der Waals surface area contributed by atoms with Crippen LogP contribution in [-0.2, 0) is 41.1 Å². The van der Waals surface area contributed by atoms with Crippen LogP contribution in [0.2, 0.25) is 0 Å². The zero-order valence-corrected chi connectivity index (χ0v) is 20.8. The summed E-state index contributed by atoms with van der Waals surface area (Å²) in [6, 6.07) is 4.77. The number of carbonyl (C=O) groups excluding carboxylic acids is 2. The molecule has 188 valence electrons. The maximum Gasteiger partial charge on any atom is 0.416 e. The van der Waals surface area contributed by atoms with Crippen molar-refractivity contribution in [2.24, 2.45) is 12.0 Å². The second-order valence-electron chi connectivity index (χ2n) is 9.23. The Kier molecular flexibility index (Phi) is 8.91. The van der Waals surface area contributed by atoms with Gasteiger partial charge in [0, 0.05) is 42.8 Å². The summed E-state index contributed by atoms with van der Waals surface area (Å²) >= 11 is 0. The number of hydrogen-bond acceptors (Lipinski definition) is 3. The van der Waals surface area contributed by atoms with Crippen LogP contribution in [-0.4, -0.2) is 27.8 Å². The average molecular weight is 482 g/mol. The lowest BCUT2D eigenvalue weighted by Crippen LogP contribution is -2.25. The highest BCUT2D eigenvalue weighted by molar-refractivity contribution is 5.96. The molecule has 0 saturated heterocycles. The van der Waals surface area contributed by atoms with E-state index < -0.39 is 23.6 Å². The molecule has 2 aromatic rings. The Bertz CT molecular complexity index is 1090. The number of benzene rings is 1. The molecule has 0 spiro atoms. The molecule has 9 heteroatoms. The molecule has 1 aromatic carbocycles. The van der Waals surface area contributed by atoms with Gasteiger partial charge in [-0.3, -0.25) is 19.0 Å². The number of nitrogens with zero attached hydrogens (tertiary/aromatic N) is 3. The minimum Gasteiger partial charge on any atom is -0.466 e. The Hall–Kier alpha value is -2.84. The number of amides is 1. The smallest absolute Gasteiger partial charge is 0.416 e. The largest absolute Gasteiger partial charge is 0.466 e. The summed E-state index contributed by atoms with van der Waals surface area (Å²) in [5.74, 6) is -1.26. The van der Waals surface area contributed by atoms with Crippen LogP contribution in [0, 0.1) is 0 Å². The summed E-state index contributed by atoms with van der Waals surface area (Å²) in [4.78, 5) is 29.2. The molecule has 2 rings (SSSR count). The molecule has 0 bridgehead atoms. The summed E-state index contributed by atoms with van der Waals surface area (Å²) in [5, 5.41) is 0. The van der Waals surface area contributed by atoms with Crippen molar-refractivity contribution in [3.05, 3.63) is 52.1 Å². The predicted octanol–water partition coefficient (Wildman–Crippen LogP) is 5.18. The molecule has 0 radical (unpaired) electrons. The highest BCUT2D eigenvalue weighted by Crippen LogP contribution is 2.31. The van der Waals surface area contributed by atoms with Gasteiger partial charge in [0.25, 0.3) is 5.91 Å². The molecule has 0 aliphatic heterocycles. The maximum absolute atomic E-state index is 13.4. The van der Waals surface area contributed by atoms with Gasteiger partial charge in [0.15, 0.2) is 5.49 Å². The van der Waals surface area contributed by atoms with E-state index in [-0.39, 0.29) is 30.4 Å². The Labute approximate surface area is 198 Å². The lowest BCUT2D eigenvalue weighted by molar-refractivity contribution is -0.143. The lowest BCUT2D eigenvalue weighted by atomic mass is 9.92. The zero-order chi connectivity index (χ0) is 25.7. The van der Waals surface area contributed by atoms with Gasteiger partial charge in [0.1, 0.15) is 0 Å². The Morgan fingerprint density at radius 3 is 2.32 bits per heavy atom. The van der Waals surface area contributed by atoms with E-state index >= 15 is 0 Å². The van der Waals surface area contributed by atoms with Crippen LogP contribution >= 0.6 is 0 Å². The van der Waals surface area contributed by atoms with Gasteiger partial charge in [0.05, 0.1) is 12.2 Å². The first-order valence-corrected chi connectivity index (χ1v) is 11.5. The number of aromatic nitrogens is 2. The molecule has 34 heavy (non-hydrogen) atoms. The molecule has 0 N–H and O–H groups in total. The van der Waals surface area contributed by atoms with Crippen LogP contribution in [0.15, 0.2) is 29.3 Å². The molecule has 1 heterocycles. The molecule has 0 fully saturated rings. The van der Waals surface area contributed by atoms with Crippen LogP contribution < -0.4 is 5.49 Å². The normalized spacial score (nSPS) is 12.8. The van der Waals surface area contributed by atoms with E-state index in [1.165, 1.54) is 6.07 Å². The summed E-state index contributed by atoms with van der Waals surface area (Å²) in [5.41, 5.74) is 0.333. The fraction of sp³-hybridized carbons (Fsp3) is 0.560. The summed E-state index contributed by atoms with van der Waals surface area (Å²) < 4.78 is 48.8. The van der Waals surface area contributed by atoms with Crippen molar-refractivity contribution in [2.75, 3.05) is 6.61 Å². The van der Waals surface area contributed by atoms with Crippen molar-refractivity contribution >= 4 is 11.9 Å². The lowest BCUT2D eigenvalue weighted by Gasteiger charge is -2.20. The molecular weight excluding hydrogens is 447 g/mol. The first-order chi connectivity index (χ1) is 15.8. The molecule has 0 aliphatic carbocycles. The molecule has 0 atom stereocenters. The van der Waals surface area contributed by atoms with Crippen LogP contribution in [0.1, 0.15) is 81.1 Å². The SMILES string of the molecule is CCCCn1/c(=N/C(=O)c2cc(C(F)(F)F)ccc2CCC(=O)OCC)cc(C(C)(C)C)n1C. The third-order valence-corrected chi connectivity index (χ3v) is 5.52. The second kappa shape index (κ2) is 11.1. The molecular formula is C25H34F3N3O3. The highest BCUT2D eigenvalue weighted by atomic mass is 19.4. The van der Waals surface area contributed by atoms with Crippen LogP contribution in [0.3, 0.4) is 0 Å². The Balaban J connectivity index is 2.59. The number of carbonyl (C=O) groups is 2. The van der Waals surface area contributed by atoms with Crippen LogP contribution in [0.5, 0.6) is 0 Å². The van der Waals surface area contributed by atoms with Gasteiger partial charge in [-0.2, -0.15) is 18.2 Å². The third-order valence-electron chi connectivity index (χ3n) is 5.52. The number of alkyl halides is 3. The van der Waals surface area contributed by atoms with Gasteiger partial charge in [-0.05, 0) is 37.5 Å². The molecule has 0 unspecified atom stereocenters. The number of rotatable bonds is 8. The van der Waals surface area contributed by atoms with Crippen LogP contribution in [0.25, 0.3) is 0 Å². The standard InChI is InChI=1S/C25H34F3N3O3/c1-7-9-14-31-21(16-20(30(31)6)24(3,4)5)29-23(33)19-15-18(25(26,27)28)12-10-17(19)11-13-22(32)34-8-2/h10,12,15-16H,7-9,11,13-14H2,1-6H3/b29-21+. The monoisotopic (exact) mass is 481 g/mol. The molecule has 0 saturated carbocycles. The van der Waals surface area contributed by atoms with E-state index in [0.29, 0.717) is 17.6 Å². The molecule has 0 aliphatic rings. The van der Waals surface area contributed by atoms with E-state index in [0.717, 1.165) is 30.7 Å². The fourth-order valence-electron chi connectivity index (χ4n) is 3.74. The van der Waals surface area contributed by atoms with E-state index in [1.54, 1.807) is 13.0 Å². The number of aryl methyl sites for hydroxylation is 1. The van der Waals surface area contributed by atoms with Gasteiger partial charge in [-0.15, -0.1) is 0 Å². The van der Waals surface area contributed by atoms with E-state index in [1.807, 2.05) is 37.2 Å². The number of hydrogen-bond donors (Lipinski definition) is 0. The maximum atomic E-state index is 13.4. The molecule has 1 amide bonds. The topological polar surface area (TPSA) is 65.6 Å². The van der Waals surface area contributed by atoms with Gasteiger partial charge in [-0.1, -0.05) is 40.2 Å².